The van der Waals surface area contributed by atoms with E-state index in [0.717, 1.165) is 0 Å². The highest BCUT2D eigenvalue weighted by Crippen LogP contribution is 2.12. The highest BCUT2D eigenvalue weighted by atomic mass is 16.6. The number of nitro groups is 1. The van der Waals surface area contributed by atoms with E-state index in [4.69, 9.17) is 0 Å². The molecule has 23 heavy (non-hydrogen) atoms. The third-order valence-corrected chi connectivity index (χ3v) is 3.08. The summed E-state index contributed by atoms with van der Waals surface area (Å²) in [6.45, 7) is 0. The topological polar surface area (TPSA) is 113 Å². The number of benzene rings is 2. The second-order valence-electron chi connectivity index (χ2n) is 4.65. The van der Waals surface area contributed by atoms with Crippen molar-refractivity contribution in [3.05, 3.63) is 74.6 Å². The van der Waals surface area contributed by atoms with Crippen LogP contribution in [0.4, 0.5) is 11.6 Å². The van der Waals surface area contributed by atoms with E-state index in [1.54, 1.807) is 36.4 Å². The van der Waals surface area contributed by atoms with Gasteiger partial charge >= 0.3 is 0 Å². The van der Waals surface area contributed by atoms with Crippen LogP contribution in [0, 0.1) is 10.1 Å². The van der Waals surface area contributed by atoms with Gasteiger partial charge in [0.1, 0.15) is 0 Å². The van der Waals surface area contributed by atoms with Crippen molar-refractivity contribution in [3.63, 3.8) is 0 Å². The van der Waals surface area contributed by atoms with Gasteiger partial charge in [0, 0.05) is 17.7 Å². The number of nitrogens with zero attached hydrogens (tertiary/aromatic N) is 3. The summed E-state index contributed by atoms with van der Waals surface area (Å²) < 4.78 is 0. The fraction of sp³-hybridized carbons (Fsp3) is 0. The lowest BCUT2D eigenvalue weighted by Crippen LogP contribution is -2.10. The molecule has 0 atom stereocenters. The Hall–Kier alpha value is -3.55. The van der Waals surface area contributed by atoms with E-state index in [-0.39, 0.29) is 17.2 Å². The molecule has 114 valence electrons. The molecule has 0 bridgehead atoms. The molecule has 3 rings (SSSR count). The van der Waals surface area contributed by atoms with Gasteiger partial charge in [0.15, 0.2) is 0 Å². The fourth-order valence-corrected chi connectivity index (χ4v) is 2.03. The van der Waals surface area contributed by atoms with E-state index >= 15 is 0 Å². The van der Waals surface area contributed by atoms with Crippen LogP contribution in [0.5, 0.6) is 0 Å². The molecular weight excluding hydrogens is 298 g/mol. The number of hydrogen-bond donors (Lipinski definition) is 2. The van der Waals surface area contributed by atoms with Crippen LogP contribution in [0.2, 0.25) is 0 Å². The highest BCUT2D eigenvalue weighted by molar-refractivity contribution is 5.81. The second-order valence-corrected chi connectivity index (χ2v) is 4.65. The van der Waals surface area contributed by atoms with Crippen LogP contribution in [0.1, 0.15) is 5.56 Å². The molecule has 0 fully saturated rings. The molecule has 0 unspecified atom stereocenters. The van der Waals surface area contributed by atoms with Crippen LogP contribution >= 0.6 is 0 Å². The molecule has 0 aliphatic rings. The molecular formula is C15H11N5O3. The molecule has 0 aliphatic heterocycles. The van der Waals surface area contributed by atoms with E-state index in [1.807, 2.05) is 0 Å². The zero-order valence-corrected chi connectivity index (χ0v) is 11.8. The predicted molar refractivity (Wildman–Crippen MR) is 86.7 cm³/mol. The van der Waals surface area contributed by atoms with Gasteiger partial charge in [-0.3, -0.25) is 19.9 Å². The van der Waals surface area contributed by atoms with Crippen molar-refractivity contribution < 1.29 is 4.92 Å². The molecule has 0 amide bonds. The van der Waals surface area contributed by atoms with Gasteiger partial charge in [0.2, 0.25) is 5.95 Å². The maximum atomic E-state index is 11.9. The number of hydrazone groups is 1. The number of nitrogens with one attached hydrogen (secondary N) is 2. The number of fused-ring (bicyclic) bond motifs is 1. The first kappa shape index (κ1) is 14.4. The third-order valence-electron chi connectivity index (χ3n) is 3.08. The molecule has 0 saturated heterocycles. The molecule has 2 N–H and O–H groups in total. The van der Waals surface area contributed by atoms with Crippen LogP contribution in [-0.2, 0) is 0 Å². The first-order valence-electron chi connectivity index (χ1n) is 6.66. The minimum Gasteiger partial charge on any atom is -0.291 e. The number of H-pyrrole nitrogens is 1. The number of non-ortho nitro benzene ring substituents is 1. The van der Waals surface area contributed by atoms with Gasteiger partial charge < -0.3 is 0 Å². The maximum Gasteiger partial charge on any atom is 0.270 e. The van der Waals surface area contributed by atoms with Crippen molar-refractivity contribution in [1.82, 2.24) is 9.97 Å². The van der Waals surface area contributed by atoms with E-state index in [2.05, 4.69) is 20.5 Å². The van der Waals surface area contributed by atoms with Crippen molar-refractivity contribution in [2.75, 3.05) is 5.43 Å². The number of para-hydroxylation sites is 1. The van der Waals surface area contributed by atoms with Crippen molar-refractivity contribution in [1.29, 1.82) is 0 Å². The SMILES string of the molecule is O=c1[nH]c(N/N=C\c2cccc([N+](=O)[O-])c2)nc2ccccc12. The number of aromatic amines is 1. The summed E-state index contributed by atoms with van der Waals surface area (Å²) in [7, 11) is 0. The summed E-state index contributed by atoms with van der Waals surface area (Å²) in [6.07, 6.45) is 1.40. The number of hydrogen-bond acceptors (Lipinski definition) is 6. The first-order valence-corrected chi connectivity index (χ1v) is 6.66. The Morgan fingerprint density at radius 3 is 2.87 bits per heavy atom. The number of anilines is 1. The Balaban J connectivity index is 1.82. The Bertz CT molecular complexity index is 964. The smallest absolute Gasteiger partial charge is 0.270 e. The Kier molecular flexibility index (Phi) is 3.79. The molecule has 2 aromatic carbocycles. The standard InChI is InChI=1S/C15H11N5O3/c21-14-12-6-1-2-7-13(12)17-15(18-14)19-16-9-10-4-3-5-11(8-10)20(22)23/h1-9H,(H2,17,18,19,21)/b16-9-. The van der Waals surface area contributed by atoms with Gasteiger partial charge in [-0.05, 0) is 12.1 Å². The second kappa shape index (κ2) is 6.06. The maximum absolute atomic E-state index is 11.9. The summed E-state index contributed by atoms with van der Waals surface area (Å²) in [4.78, 5) is 28.9. The normalized spacial score (nSPS) is 11.0. The van der Waals surface area contributed by atoms with Gasteiger partial charge in [-0.2, -0.15) is 5.10 Å². The average Bonchev–Trinajstić information content (AvgIpc) is 2.55. The molecule has 1 aromatic heterocycles. The monoisotopic (exact) mass is 309 g/mol. The molecule has 8 heteroatoms. The summed E-state index contributed by atoms with van der Waals surface area (Å²) in [5.41, 5.74) is 3.41. The molecule has 0 saturated carbocycles. The molecule has 3 aromatic rings. The lowest BCUT2D eigenvalue weighted by molar-refractivity contribution is -0.384. The lowest BCUT2D eigenvalue weighted by Gasteiger charge is -2.01. The lowest BCUT2D eigenvalue weighted by atomic mass is 10.2. The molecule has 8 nitrogen and oxygen atoms in total. The predicted octanol–water partition coefficient (Wildman–Crippen LogP) is 2.28. The van der Waals surface area contributed by atoms with E-state index < -0.39 is 4.92 Å². The summed E-state index contributed by atoms with van der Waals surface area (Å²) >= 11 is 0. The van der Waals surface area contributed by atoms with Crippen LogP contribution in [-0.4, -0.2) is 21.1 Å². The minimum absolute atomic E-state index is 0.0220. The number of rotatable bonds is 4. The van der Waals surface area contributed by atoms with Crippen LogP contribution in [0.15, 0.2) is 58.4 Å². The zero-order chi connectivity index (χ0) is 16.2. The van der Waals surface area contributed by atoms with Crippen molar-refractivity contribution in [2.24, 2.45) is 5.10 Å². The molecule has 0 radical (unpaired) electrons. The Morgan fingerprint density at radius 1 is 1.22 bits per heavy atom. The summed E-state index contributed by atoms with van der Waals surface area (Å²) in [5.74, 6) is 0.190. The average molecular weight is 309 g/mol. The largest absolute Gasteiger partial charge is 0.291 e. The fourth-order valence-electron chi connectivity index (χ4n) is 2.03. The third kappa shape index (κ3) is 3.21. The molecule has 0 aliphatic carbocycles. The van der Waals surface area contributed by atoms with Crippen molar-refractivity contribution >= 4 is 28.8 Å². The van der Waals surface area contributed by atoms with Gasteiger partial charge in [-0.25, -0.2) is 10.4 Å². The van der Waals surface area contributed by atoms with Gasteiger partial charge in [0.25, 0.3) is 11.2 Å². The van der Waals surface area contributed by atoms with Crippen molar-refractivity contribution in [3.8, 4) is 0 Å². The van der Waals surface area contributed by atoms with Gasteiger partial charge in [0.05, 0.1) is 22.0 Å². The van der Waals surface area contributed by atoms with Crippen LogP contribution < -0.4 is 11.0 Å². The van der Waals surface area contributed by atoms with E-state index in [9.17, 15) is 14.9 Å². The molecule has 0 spiro atoms. The quantitative estimate of drug-likeness (QED) is 0.436. The number of aromatic nitrogens is 2. The van der Waals surface area contributed by atoms with Crippen molar-refractivity contribution in [2.45, 2.75) is 0 Å². The van der Waals surface area contributed by atoms with Gasteiger partial charge in [-0.1, -0.05) is 24.3 Å². The summed E-state index contributed by atoms with van der Waals surface area (Å²) in [5, 5.41) is 15.1. The number of nitro benzene ring substituents is 1. The van der Waals surface area contributed by atoms with E-state index in [1.165, 1.54) is 18.3 Å². The van der Waals surface area contributed by atoms with Gasteiger partial charge in [-0.15, -0.1) is 0 Å². The highest BCUT2D eigenvalue weighted by Gasteiger charge is 2.04. The Labute approximate surface area is 129 Å². The summed E-state index contributed by atoms with van der Waals surface area (Å²) in [6, 6.07) is 13.0. The molecule has 1 heterocycles. The first-order chi connectivity index (χ1) is 11.1. The zero-order valence-electron chi connectivity index (χ0n) is 11.8. The van der Waals surface area contributed by atoms with E-state index in [0.29, 0.717) is 16.5 Å². The minimum atomic E-state index is -0.479. The van der Waals surface area contributed by atoms with Crippen LogP contribution in [0.25, 0.3) is 10.9 Å². The van der Waals surface area contributed by atoms with Crippen LogP contribution in [0.3, 0.4) is 0 Å². The Morgan fingerprint density at radius 2 is 2.04 bits per heavy atom.